The van der Waals surface area contributed by atoms with Crippen LogP contribution < -0.4 is 10.0 Å². The van der Waals surface area contributed by atoms with Crippen molar-refractivity contribution in [2.24, 2.45) is 0 Å². The van der Waals surface area contributed by atoms with Gasteiger partial charge in [0.15, 0.2) is 0 Å². The normalized spacial score (nSPS) is 11.6. The van der Waals surface area contributed by atoms with Crippen molar-refractivity contribution >= 4 is 27.5 Å². The molecule has 2 rings (SSSR count). The summed E-state index contributed by atoms with van der Waals surface area (Å²) < 4.78 is 26.9. The quantitative estimate of drug-likeness (QED) is 0.667. The number of benzene rings is 2. The predicted octanol–water partition coefficient (Wildman–Crippen LogP) is 3.42. The van der Waals surface area contributed by atoms with E-state index in [0.717, 1.165) is 11.1 Å². The van der Waals surface area contributed by atoms with E-state index in [4.69, 9.17) is 11.6 Å². The van der Waals surface area contributed by atoms with Crippen molar-refractivity contribution in [1.82, 2.24) is 10.0 Å². The number of halogens is 1. The largest absolute Gasteiger partial charge is 0.352 e. The molecule has 0 aliphatic heterocycles. The van der Waals surface area contributed by atoms with Gasteiger partial charge in [0, 0.05) is 24.0 Å². The summed E-state index contributed by atoms with van der Waals surface area (Å²) in [5, 5.41) is 3.54. The van der Waals surface area contributed by atoms with Crippen LogP contribution in [-0.4, -0.2) is 20.4 Å². The lowest BCUT2D eigenvalue weighted by atomic mass is 10.1. The van der Waals surface area contributed by atoms with E-state index in [1.807, 2.05) is 24.3 Å². The third kappa shape index (κ3) is 7.71. The minimum Gasteiger partial charge on any atom is -0.352 e. The molecule has 0 aliphatic rings. The summed E-state index contributed by atoms with van der Waals surface area (Å²) in [5.74, 6) is -0.190. The standard InChI is InChI=1S/C20H25ClN2O3S/c1-15(2)23-27(25,26)14-18-6-4-3-5-17(18)13-22-20(24)12-9-16-7-10-19(21)11-8-16/h3-8,10-11,15,23H,9,12-14H2,1-2H3,(H,22,24). The fourth-order valence-corrected chi connectivity index (χ4v) is 4.29. The molecule has 2 aromatic rings. The second-order valence-electron chi connectivity index (χ2n) is 6.70. The van der Waals surface area contributed by atoms with E-state index in [2.05, 4.69) is 10.0 Å². The van der Waals surface area contributed by atoms with Gasteiger partial charge >= 0.3 is 0 Å². The molecule has 2 aromatic carbocycles. The number of hydrogen-bond donors (Lipinski definition) is 2. The number of nitrogens with one attached hydrogen (secondary N) is 2. The lowest BCUT2D eigenvalue weighted by molar-refractivity contribution is -0.121. The predicted molar refractivity (Wildman–Crippen MR) is 109 cm³/mol. The minimum absolute atomic E-state index is 0.0806. The van der Waals surface area contributed by atoms with E-state index in [-0.39, 0.29) is 17.7 Å². The van der Waals surface area contributed by atoms with Crippen molar-refractivity contribution < 1.29 is 13.2 Å². The summed E-state index contributed by atoms with van der Waals surface area (Å²) >= 11 is 5.85. The number of rotatable bonds is 9. The van der Waals surface area contributed by atoms with Gasteiger partial charge in [0.1, 0.15) is 0 Å². The summed E-state index contributed by atoms with van der Waals surface area (Å²) in [6.45, 7) is 3.86. The number of carbonyl (C=O) groups excluding carboxylic acids is 1. The van der Waals surface area contributed by atoms with Gasteiger partial charge in [-0.05, 0) is 49.1 Å². The van der Waals surface area contributed by atoms with Gasteiger partial charge in [-0.2, -0.15) is 0 Å². The van der Waals surface area contributed by atoms with Crippen LogP contribution >= 0.6 is 11.6 Å². The maximum atomic E-state index is 12.2. The maximum absolute atomic E-state index is 12.2. The van der Waals surface area contributed by atoms with Crippen LogP contribution in [0.3, 0.4) is 0 Å². The molecule has 0 radical (unpaired) electrons. The molecule has 2 N–H and O–H groups in total. The summed E-state index contributed by atoms with van der Waals surface area (Å²) in [5.41, 5.74) is 2.52. The first kappa shape index (κ1) is 21.4. The van der Waals surface area contributed by atoms with Gasteiger partial charge < -0.3 is 5.32 Å². The van der Waals surface area contributed by atoms with Crippen LogP contribution in [-0.2, 0) is 33.5 Å². The number of carbonyl (C=O) groups is 1. The fourth-order valence-electron chi connectivity index (χ4n) is 2.67. The lowest BCUT2D eigenvalue weighted by Gasteiger charge is -2.13. The molecule has 0 atom stereocenters. The highest BCUT2D eigenvalue weighted by molar-refractivity contribution is 7.88. The van der Waals surface area contributed by atoms with Crippen LogP contribution in [0.15, 0.2) is 48.5 Å². The van der Waals surface area contributed by atoms with Crippen molar-refractivity contribution in [3.8, 4) is 0 Å². The molecular weight excluding hydrogens is 384 g/mol. The SMILES string of the molecule is CC(C)NS(=O)(=O)Cc1ccccc1CNC(=O)CCc1ccc(Cl)cc1. The van der Waals surface area contributed by atoms with Crippen LogP contribution in [0.25, 0.3) is 0 Å². The van der Waals surface area contributed by atoms with E-state index in [0.29, 0.717) is 30.0 Å². The zero-order valence-electron chi connectivity index (χ0n) is 15.5. The number of hydrogen-bond acceptors (Lipinski definition) is 3. The Hall–Kier alpha value is -1.89. The third-order valence-electron chi connectivity index (χ3n) is 3.91. The van der Waals surface area contributed by atoms with Crippen LogP contribution in [0.1, 0.15) is 37.0 Å². The molecule has 1 amide bonds. The summed E-state index contributed by atoms with van der Waals surface area (Å²) in [6, 6.07) is 14.5. The minimum atomic E-state index is -3.42. The van der Waals surface area contributed by atoms with Crippen molar-refractivity contribution in [1.29, 1.82) is 0 Å². The zero-order chi connectivity index (χ0) is 19.9. The van der Waals surface area contributed by atoms with Gasteiger partial charge in [-0.3, -0.25) is 4.79 Å². The molecule has 0 saturated heterocycles. The third-order valence-corrected chi connectivity index (χ3v) is 5.68. The first-order valence-corrected chi connectivity index (χ1v) is 10.9. The molecule has 0 aliphatic carbocycles. The van der Waals surface area contributed by atoms with Crippen LogP contribution in [0, 0.1) is 0 Å². The highest BCUT2D eigenvalue weighted by Crippen LogP contribution is 2.13. The van der Waals surface area contributed by atoms with Gasteiger partial charge in [-0.25, -0.2) is 13.1 Å². The Balaban J connectivity index is 1.91. The van der Waals surface area contributed by atoms with Crippen LogP contribution in [0.5, 0.6) is 0 Å². The molecule has 0 aromatic heterocycles. The summed E-state index contributed by atoms with van der Waals surface area (Å²) in [4.78, 5) is 12.1. The van der Waals surface area contributed by atoms with Crippen molar-refractivity contribution in [2.45, 2.75) is 45.0 Å². The molecule has 0 spiro atoms. The smallest absolute Gasteiger partial charge is 0.220 e. The van der Waals surface area contributed by atoms with Gasteiger partial charge in [0.05, 0.1) is 5.75 Å². The monoisotopic (exact) mass is 408 g/mol. The van der Waals surface area contributed by atoms with Gasteiger partial charge in [0.2, 0.25) is 15.9 Å². The fraction of sp³-hybridized carbons (Fsp3) is 0.350. The van der Waals surface area contributed by atoms with E-state index < -0.39 is 10.0 Å². The van der Waals surface area contributed by atoms with Crippen LogP contribution in [0.4, 0.5) is 0 Å². The summed E-state index contributed by atoms with van der Waals surface area (Å²) in [6.07, 6.45) is 0.980. The molecule has 0 unspecified atom stereocenters. The first-order chi connectivity index (χ1) is 12.7. The Bertz CT molecular complexity index is 865. The molecule has 146 valence electrons. The van der Waals surface area contributed by atoms with Crippen molar-refractivity contribution in [2.75, 3.05) is 0 Å². The maximum Gasteiger partial charge on any atom is 0.220 e. The molecule has 7 heteroatoms. The van der Waals surface area contributed by atoms with E-state index in [1.165, 1.54) is 0 Å². The second kappa shape index (κ2) is 9.88. The van der Waals surface area contributed by atoms with E-state index >= 15 is 0 Å². The lowest BCUT2D eigenvalue weighted by Crippen LogP contribution is -2.32. The molecule has 0 fully saturated rings. The van der Waals surface area contributed by atoms with E-state index in [1.54, 1.807) is 38.1 Å². The van der Waals surface area contributed by atoms with Gasteiger partial charge in [0.25, 0.3) is 0 Å². The highest BCUT2D eigenvalue weighted by atomic mass is 35.5. The molecule has 0 saturated carbocycles. The molecule has 0 heterocycles. The molecule has 27 heavy (non-hydrogen) atoms. The Morgan fingerprint density at radius 3 is 2.30 bits per heavy atom. The topological polar surface area (TPSA) is 75.3 Å². The van der Waals surface area contributed by atoms with Crippen molar-refractivity contribution in [3.63, 3.8) is 0 Å². The number of sulfonamides is 1. The Labute approximate surface area is 166 Å². The van der Waals surface area contributed by atoms with Gasteiger partial charge in [-0.1, -0.05) is 48.0 Å². The number of amides is 1. The van der Waals surface area contributed by atoms with Crippen molar-refractivity contribution in [3.05, 3.63) is 70.2 Å². The second-order valence-corrected chi connectivity index (χ2v) is 8.89. The number of aryl methyl sites for hydroxylation is 1. The van der Waals surface area contributed by atoms with E-state index in [9.17, 15) is 13.2 Å². The Morgan fingerprint density at radius 1 is 1.04 bits per heavy atom. The average molecular weight is 409 g/mol. The first-order valence-electron chi connectivity index (χ1n) is 8.83. The highest BCUT2D eigenvalue weighted by Gasteiger charge is 2.15. The molecular formula is C20H25ClN2O3S. The van der Waals surface area contributed by atoms with Crippen LogP contribution in [0.2, 0.25) is 5.02 Å². The molecule has 5 nitrogen and oxygen atoms in total. The average Bonchev–Trinajstić information content (AvgIpc) is 2.59. The Kier molecular flexibility index (Phi) is 7.83. The summed E-state index contributed by atoms with van der Waals surface area (Å²) in [7, 11) is -3.42. The Morgan fingerprint density at radius 2 is 1.67 bits per heavy atom. The zero-order valence-corrected chi connectivity index (χ0v) is 17.1. The van der Waals surface area contributed by atoms with Gasteiger partial charge in [-0.15, -0.1) is 0 Å². The molecule has 0 bridgehead atoms.